The summed E-state index contributed by atoms with van der Waals surface area (Å²) in [6.07, 6.45) is 16.6. The molecule has 8 rings (SSSR count). The molecule has 0 unspecified atom stereocenters. The van der Waals surface area contributed by atoms with Gasteiger partial charge in [-0.2, -0.15) is 0 Å². The summed E-state index contributed by atoms with van der Waals surface area (Å²) in [7, 11) is 0. The van der Waals surface area contributed by atoms with E-state index in [1.54, 1.807) is 6.20 Å². The van der Waals surface area contributed by atoms with Gasteiger partial charge in [0.05, 0.1) is 0 Å². The smallest absolute Gasteiger partial charge is 0.0467 e. The van der Waals surface area contributed by atoms with Crippen molar-refractivity contribution >= 4 is 46.5 Å². The Balaban J connectivity index is 1.12. The molecule has 63 heavy (non-hydrogen) atoms. The second-order valence-electron chi connectivity index (χ2n) is 16.1. The predicted molar refractivity (Wildman–Crippen MR) is 274 cm³/mol. The van der Waals surface area contributed by atoms with Gasteiger partial charge in [0.15, 0.2) is 0 Å². The molecule has 0 spiro atoms. The molecule has 0 amide bonds. The zero-order chi connectivity index (χ0) is 43.7. The van der Waals surface area contributed by atoms with Crippen molar-refractivity contribution in [1.29, 1.82) is 0 Å². The molecule has 0 aromatic heterocycles. The molecule has 0 atom stereocenters. The fourth-order valence-corrected chi connectivity index (χ4v) is 8.48. The first kappa shape index (κ1) is 42.0. The molecule has 0 radical (unpaired) electrons. The van der Waals surface area contributed by atoms with Gasteiger partial charge < -0.3 is 11.5 Å². The monoisotopic (exact) mass is 814 g/mol. The molecule has 8 aromatic rings. The van der Waals surface area contributed by atoms with Crippen molar-refractivity contribution < 1.29 is 0 Å². The van der Waals surface area contributed by atoms with Crippen molar-refractivity contribution in [3.63, 3.8) is 0 Å². The van der Waals surface area contributed by atoms with Crippen LogP contribution in [-0.2, 0) is 12.8 Å². The summed E-state index contributed by atoms with van der Waals surface area (Å²) in [5, 5.41) is 4.32. The largest absolute Gasteiger partial charge is 0.404 e. The van der Waals surface area contributed by atoms with Crippen LogP contribution in [-0.4, -0.2) is 0 Å². The summed E-state index contributed by atoms with van der Waals surface area (Å²) in [6.45, 7) is 11.1. The second kappa shape index (κ2) is 19.4. The fourth-order valence-electron chi connectivity index (χ4n) is 8.48. The lowest BCUT2D eigenvalue weighted by atomic mass is 9.92. The van der Waals surface area contributed by atoms with Gasteiger partial charge in [-0.25, -0.2) is 0 Å². The first-order valence-electron chi connectivity index (χ1n) is 21.8. The molecule has 0 aliphatic rings. The lowest BCUT2D eigenvalue weighted by Gasteiger charge is -2.12. The van der Waals surface area contributed by atoms with E-state index in [9.17, 15) is 0 Å². The standard InChI is InChI=1S/C61H54N2/c1-5-15-56-46(6-2)21-13-26-58(56)51-23-12-17-44(36-51)16-11-18-45-37-54(40-55(38-45)47-32-34-49(35-33-47)61(63)60-25-10-8-20-53(60)41-62)43(4)28-30-50-39-52(31-29-42(50)3)59-27-14-22-48-19-7-9-24-57(48)59/h5,7-17,19-41H,4,6,18,62-63H2,1-3H3/b15-5-,16-11-,30-28-,53-41-,61-60-. The van der Waals surface area contributed by atoms with Crippen LogP contribution in [0.3, 0.4) is 0 Å². The van der Waals surface area contributed by atoms with Crippen LogP contribution in [0.25, 0.3) is 79.9 Å². The second-order valence-corrected chi connectivity index (χ2v) is 16.1. The van der Waals surface area contributed by atoms with Gasteiger partial charge in [0.1, 0.15) is 0 Å². The first-order chi connectivity index (χ1) is 30.8. The van der Waals surface area contributed by atoms with Crippen molar-refractivity contribution in [2.24, 2.45) is 11.5 Å². The summed E-state index contributed by atoms with van der Waals surface area (Å²) in [5.74, 6) is 0. The predicted octanol–water partition coefficient (Wildman–Crippen LogP) is 13.5. The number of benzene rings is 8. The Morgan fingerprint density at radius 3 is 2.17 bits per heavy atom. The molecule has 0 aliphatic heterocycles. The lowest BCUT2D eigenvalue weighted by Crippen LogP contribution is -2.30. The molecule has 0 aliphatic carbocycles. The minimum atomic E-state index is 0.692. The van der Waals surface area contributed by atoms with Crippen LogP contribution in [0.5, 0.6) is 0 Å². The highest BCUT2D eigenvalue weighted by Crippen LogP contribution is 2.33. The fraction of sp³-hybridized carbons (Fsp3) is 0.0820. The first-order valence-corrected chi connectivity index (χ1v) is 21.8. The Hall–Kier alpha value is -7.68. The summed E-state index contributed by atoms with van der Waals surface area (Å²) in [5.41, 5.74) is 30.9. The van der Waals surface area contributed by atoms with Crippen LogP contribution < -0.4 is 21.9 Å². The molecule has 0 saturated heterocycles. The quantitative estimate of drug-likeness (QED) is 0.121. The minimum Gasteiger partial charge on any atom is -0.404 e. The Kier molecular flexibility index (Phi) is 12.9. The summed E-state index contributed by atoms with van der Waals surface area (Å²) < 4.78 is 0. The Morgan fingerprint density at radius 1 is 0.619 bits per heavy atom. The van der Waals surface area contributed by atoms with E-state index in [-0.39, 0.29) is 0 Å². The van der Waals surface area contributed by atoms with Crippen molar-refractivity contribution in [2.75, 3.05) is 0 Å². The van der Waals surface area contributed by atoms with Gasteiger partial charge in [-0.15, -0.1) is 0 Å². The van der Waals surface area contributed by atoms with Gasteiger partial charge >= 0.3 is 0 Å². The van der Waals surface area contributed by atoms with Crippen molar-refractivity contribution in [2.45, 2.75) is 33.6 Å². The third-order valence-electron chi connectivity index (χ3n) is 11.9. The van der Waals surface area contributed by atoms with Gasteiger partial charge in [-0.05, 0) is 144 Å². The van der Waals surface area contributed by atoms with Crippen molar-refractivity contribution in [3.05, 3.63) is 250 Å². The van der Waals surface area contributed by atoms with E-state index in [4.69, 9.17) is 11.5 Å². The van der Waals surface area contributed by atoms with Gasteiger partial charge in [-0.3, -0.25) is 0 Å². The van der Waals surface area contributed by atoms with Crippen LogP contribution >= 0.6 is 0 Å². The van der Waals surface area contributed by atoms with Gasteiger partial charge in [0, 0.05) is 17.1 Å². The van der Waals surface area contributed by atoms with Crippen LogP contribution in [0.1, 0.15) is 58.4 Å². The Morgan fingerprint density at radius 2 is 1.35 bits per heavy atom. The molecule has 2 nitrogen and oxygen atoms in total. The van der Waals surface area contributed by atoms with E-state index in [2.05, 4.69) is 209 Å². The molecule has 0 saturated carbocycles. The molecule has 8 aromatic carbocycles. The summed E-state index contributed by atoms with van der Waals surface area (Å²) in [6, 6.07) is 60.5. The molecule has 0 bridgehead atoms. The number of rotatable bonds is 12. The summed E-state index contributed by atoms with van der Waals surface area (Å²) in [4.78, 5) is 0. The maximum absolute atomic E-state index is 6.72. The van der Waals surface area contributed by atoms with E-state index in [0.717, 1.165) is 51.1 Å². The average molecular weight is 815 g/mol. The molecular weight excluding hydrogens is 761 g/mol. The van der Waals surface area contributed by atoms with Gasteiger partial charge in [0.25, 0.3) is 0 Å². The maximum atomic E-state index is 6.72. The van der Waals surface area contributed by atoms with E-state index < -0.39 is 0 Å². The SMILES string of the molecule is C=C(/C=C\c1cc(-c2cccc3ccccc23)ccc1C)c1cc(C/C=C\c2cccc(-c3cccc(CC)c3/C=C\C)c2)cc(-c2ccc(/C(N)=c3\cccc\c3=C\N)cc2)c1. The zero-order valence-electron chi connectivity index (χ0n) is 36.5. The topological polar surface area (TPSA) is 52.0 Å². The average Bonchev–Trinajstić information content (AvgIpc) is 3.33. The molecule has 308 valence electrons. The normalized spacial score (nSPS) is 12.5. The number of allylic oxidation sites excluding steroid dienone is 4. The highest BCUT2D eigenvalue weighted by molar-refractivity contribution is 5.97. The number of hydrogen-bond donors (Lipinski definition) is 2. The molecular formula is C61H54N2. The number of aryl methyl sites for hydroxylation is 2. The van der Waals surface area contributed by atoms with E-state index in [1.807, 2.05) is 24.3 Å². The van der Waals surface area contributed by atoms with E-state index in [1.165, 1.54) is 66.4 Å². The van der Waals surface area contributed by atoms with Crippen molar-refractivity contribution in [3.8, 4) is 33.4 Å². The number of fused-ring (bicyclic) bond motifs is 1. The minimum absolute atomic E-state index is 0.692. The molecule has 0 heterocycles. The molecule has 2 heteroatoms. The Bertz CT molecular complexity index is 3170. The van der Waals surface area contributed by atoms with Crippen molar-refractivity contribution in [1.82, 2.24) is 0 Å². The zero-order valence-corrected chi connectivity index (χ0v) is 36.5. The van der Waals surface area contributed by atoms with Crippen LogP contribution in [0.4, 0.5) is 0 Å². The third-order valence-corrected chi connectivity index (χ3v) is 11.9. The molecule has 4 N–H and O–H groups in total. The van der Waals surface area contributed by atoms with Crippen LogP contribution in [0.2, 0.25) is 0 Å². The number of nitrogens with two attached hydrogens (primary N) is 2. The Labute approximate surface area is 372 Å². The highest BCUT2D eigenvalue weighted by atomic mass is 14.6. The van der Waals surface area contributed by atoms with Gasteiger partial charge in [-0.1, -0.05) is 202 Å². The van der Waals surface area contributed by atoms with Crippen LogP contribution in [0.15, 0.2) is 195 Å². The third kappa shape index (κ3) is 9.47. The van der Waals surface area contributed by atoms with Crippen LogP contribution in [0, 0.1) is 6.92 Å². The lowest BCUT2D eigenvalue weighted by molar-refractivity contribution is 1.13. The number of hydrogen-bond acceptors (Lipinski definition) is 2. The maximum Gasteiger partial charge on any atom is 0.0467 e. The highest BCUT2D eigenvalue weighted by Gasteiger charge is 2.10. The summed E-state index contributed by atoms with van der Waals surface area (Å²) >= 11 is 0. The van der Waals surface area contributed by atoms with Gasteiger partial charge in [0.2, 0.25) is 0 Å². The molecule has 0 fully saturated rings. The van der Waals surface area contributed by atoms with E-state index >= 15 is 0 Å². The van der Waals surface area contributed by atoms with E-state index in [0.29, 0.717) is 5.70 Å².